The molecule has 3 N–H and O–H groups in total. The maximum Gasteiger partial charge on any atom is 0.248 e. The van der Waals surface area contributed by atoms with Gasteiger partial charge in [-0.2, -0.15) is 0 Å². The van der Waals surface area contributed by atoms with Gasteiger partial charge >= 0.3 is 0 Å². The van der Waals surface area contributed by atoms with E-state index in [9.17, 15) is 4.79 Å². The van der Waals surface area contributed by atoms with E-state index in [4.69, 9.17) is 5.73 Å². The third-order valence-corrected chi connectivity index (χ3v) is 3.22. The number of carbonyl (C=O) groups is 1. The summed E-state index contributed by atoms with van der Waals surface area (Å²) < 4.78 is 0. The lowest BCUT2D eigenvalue weighted by Gasteiger charge is -2.22. The molecule has 94 valence electrons. The van der Waals surface area contributed by atoms with E-state index in [1.807, 2.05) is 24.3 Å². The number of nitrogens with two attached hydrogens (primary N) is 1. The van der Waals surface area contributed by atoms with Crippen molar-refractivity contribution in [3.05, 3.63) is 35.4 Å². The lowest BCUT2D eigenvalue weighted by molar-refractivity contribution is 0.100. The van der Waals surface area contributed by atoms with Gasteiger partial charge in [0.15, 0.2) is 0 Å². The molecule has 4 heteroatoms. The molecule has 0 unspecified atom stereocenters. The van der Waals surface area contributed by atoms with Crippen LogP contribution in [0.2, 0.25) is 0 Å². The molecule has 0 aliphatic carbocycles. The zero-order valence-electron chi connectivity index (χ0n) is 9.82. The van der Waals surface area contributed by atoms with Gasteiger partial charge in [-0.15, -0.1) is 12.4 Å². The summed E-state index contributed by atoms with van der Waals surface area (Å²) in [6, 6.07) is 7.67. The summed E-state index contributed by atoms with van der Waals surface area (Å²) in [6.45, 7) is 2.26. The molecule has 1 aliphatic heterocycles. The van der Waals surface area contributed by atoms with Gasteiger partial charge in [-0.25, -0.2) is 0 Å². The second-order valence-corrected chi connectivity index (χ2v) is 4.46. The van der Waals surface area contributed by atoms with Gasteiger partial charge in [0.05, 0.1) is 0 Å². The van der Waals surface area contributed by atoms with Crippen molar-refractivity contribution >= 4 is 18.3 Å². The Morgan fingerprint density at radius 2 is 1.82 bits per heavy atom. The van der Waals surface area contributed by atoms with Gasteiger partial charge in [-0.3, -0.25) is 4.79 Å². The molecule has 1 aromatic carbocycles. The lowest BCUT2D eigenvalue weighted by Crippen LogP contribution is -2.28. The fraction of sp³-hybridized carbons (Fsp3) is 0.462. The minimum Gasteiger partial charge on any atom is -0.366 e. The summed E-state index contributed by atoms with van der Waals surface area (Å²) in [4.78, 5) is 10.9. The van der Waals surface area contributed by atoms with Crippen molar-refractivity contribution in [2.24, 2.45) is 11.7 Å². The van der Waals surface area contributed by atoms with Gasteiger partial charge in [-0.1, -0.05) is 12.1 Å². The Balaban J connectivity index is 0.00000144. The molecule has 1 saturated heterocycles. The molecule has 1 fully saturated rings. The molecule has 0 aromatic heterocycles. The molecule has 0 spiro atoms. The number of halogens is 1. The predicted molar refractivity (Wildman–Crippen MR) is 71.5 cm³/mol. The van der Waals surface area contributed by atoms with Crippen LogP contribution in [0.3, 0.4) is 0 Å². The molecule has 0 atom stereocenters. The summed E-state index contributed by atoms with van der Waals surface area (Å²) in [5.41, 5.74) is 7.10. The average molecular weight is 255 g/mol. The van der Waals surface area contributed by atoms with Gasteiger partial charge in [-0.05, 0) is 56.0 Å². The predicted octanol–water partition coefficient (Wildman–Crippen LogP) is 1.75. The Labute approximate surface area is 108 Å². The summed E-state index contributed by atoms with van der Waals surface area (Å²) in [7, 11) is 0. The summed E-state index contributed by atoms with van der Waals surface area (Å²) in [5.74, 6) is 0.425. The molecule has 2 rings (SSSR count). The molecule has 1 heterocycles. The van der Waals surface area contributed by atoms with Gasteiger partial charge in [0.2, 0.25) is 5.91 Å². The molecule has 0 bridgehead atoms. The van der Waals surface area contributed by atoms with E-state index < -0.39 is 0 Å². The molecule has 1 aliphatic rings. The van der Waals surface area contributed by atoms with Crippen LogP contribution in [0.1, 0.15) is 28.8 Å². The number of rotatable bonds is 3. The smallest absolute Gasteiger partial charge is 0.248 e. The van der Waals surface area contributed by atoms with Crippen LogP contribution >= 0.6 is 12.4 Å². The maximum atomic E-state index is 10.9. The highest BCUT2D eigenvalue weighted by atomic mass is 35.5. The van der Waals surface area contributed by atoms with Crippen molar-refractivity contribution in [3.63, 3.8) is 0 Å². The first kappa shape index (κ1) is 14.0. The van der Waals surface area contributed by atoms with E-state index in [0.717, 1.165) is 25.4 Å². The molecular formula is C13H19ClN2O. The number of hydrogen-bond acceptors (Lipinski definition) is 2. The van der Waals surface area contributed by atoms with Crippen LogP contribution in [0, 0.1) is 5.92 Å². The minimum atomic E-state index is -0.353. The van der Waals surface area contributed by atoms with Crippen LogP contribution in [0.25, 0.3) is 0 Å². The Morgan fingerprint density at radius 3 is 2.35 bits per heavy atom. The third kappa shape index (κ3) is 4.02. The zero-order chi connectivity index (χ0) is 11.4. The van der Waals surface area contributed by atoms with Crippen LogP contribution in [-0.2, 0) is 6.42 Å². The van der Waals surface area contributed by atoms with Crippen molar-refractivity contribution in [3.8, 4) is 0 Å². The van der Waals surface area contributed by atoms with Gasteiger partial charge in [0.1, 0.15) is 0 Å². The Hall–Kier alpha value is -1.06. The first-order valence-corrected chi connectivity index (χ1v) is 5.85. The lowest BCUT2D eigenvalue weighted by atomic mass is 9.91. The van der Waals surface area contributed by atoms with Crippen molar-refractivity contribution in [1.82, 2.24) is 5.32 Å². The standard InChI is InChI=1S/C13H18N2O.ClH/c14-13(16)12-3-1-10(2-4-12)9-11-5-7-15-8-6-11;/h1-4,11,15H,5-9H2,(H2,14,16);1H. The SMILES string of the molecule is Cl.NC(=O)c1ccc(CC2CCNCC2)cc1. The highest BCUT2D eigenvalue weighted by Gasteiger charge is 2.13. The zero-order valence-corrected chi connectivity index (χ0v) is 10.6. The molecule has 17 heavy (non-hydrogen) atoms. The minimum absolute atomic E-state index is 0. The van der Waals surface area contributed by atoms with Crippen molar-refractivity contribution in [2.75, 3.05) is 13.1 Å². The van der Waals surface area contributed by atoms with Crippen LogP contribution in [-0.4, -0.2) is 19.0 Å². The summed E-state index contributed by atoms with van der Waals surface area (Å²) in [6.07, 6.45) is 3.61. The van der Waals surface area contributed by atoms with Crippen molar-refractivity contribution in [1.29, 1.82) is 0 Å². The second kappa shape index (κ2) is 6.62. The van der Waals surface area contributed by atoms with E-state index in [1.165, 1.54) is 18.4 Å². The monoisotopic (exact) mass is 254 g/mol. The third-order valence-electron chi connectivity index (χ3n) is 3.22. The number of piperidine rings is 1. The van der Waals surface area contributed by atoms with E-state index >= 15 is 0 Å². The first-order chi connectivity index (χ1) is 7.75. The highest BCUT2D eigenvalue weighted by Crippen LogP contribution is 2.18. The normalized spacial score (nSPS) is 16.2. The number of carbonyl (C=O) groups excluding carboxylic acids is 1. The average Bonchev–Trinajstić information content (AvgIpc) is 2.31. The van der Waals surface area contributed by atoms with Gasteiger partial charge < -0.3 is 11.1 Å². The maximum absolute atomic E-state index is 10.9. The van der Waals surface area contributed by atoms with Crippen LogP contribution in [0.4, 0.5) is 0 Å². The van der Waals surface area contributed by atoms with Crippen LogP contribution in [0.5, 0.6) is 0 Å². The Morgan fingerprint density at radius 1 is 1.24 bits per heavy atom. The van der Waals surface area contributed by atoms with E-state index in [2.05, 4.69) is 5.32 Å². The van der Waals surface area contributed by atoms with E-state index in [1.54, 1.807) is 0 Å². The Kier molecular flexibility index (Phi) is 5.45. The second-order valence-electron chi connectivity index (χ2n) is 4.46. The fourth-order valence-corrected chi connectivity index (χ4v) is 2.22. The number of benzene rings is 1. The fourth-order valence-electron chi connectivity index (χ4n) is 2.22. The number of nitrogens with one attached hydrogen (secondary N) is 1. The van der Waals surface area contributed by atoms with E-state index in [-0.39, 0.29) is 18.3 Å². The molecule has 1 amide bonds. The van der Waals surface area contributed by atoms with Gasteiger partial charge in [0, 0.05) is 5.56 Å². The topological polar surface area (TPSA) is 55.1 Å². The number of primary amides is 1. The highest BCUT2D eigenvalue weighted by molar-refractivity contribution is 5.92. The quantitative estimate of drug-likeness (QED) is 0.864. The summed E-state index contributed by atoms with van der Waals surface area (Å²) >= 11 is 0. The summed E-state index contributed by atoms with van der Waals surface area (Å²) in [5, 5.41) is 3.36. The van der Waals surface area contributed by atoms with Crippen LogP contribution < -0.4 is 11.1 Å². The first-order valence-electron chi connectivity index (χ1n) is 5.85. The molecular weight excluding hydrogens is 236 g/mol. The number of hydrogen-bond donors (Lipinski definition) is 2. The molecule has 0 saturated carbocycles. The van der Waals surface area contributed by atoms with Gasteiger partial charge in [0.25, 0.3) is 0 Å². The van der Waals surface area contributed by atoms with Crippen molar-refractivity contribution < 1.29 is 4.79 Å². The van der Waals surface area contributed by atoms with E-state index in [0.29, 0.717) is 5.56 Å². The Bertz CT molecular complexity index is 358. The van der Waals surface area contributed by atoms with Crippen molar-refractivity contribution in [2.45, 2.75) is 19.3 Å². The molecule has 3 nitrogen and oxygen atoms in total. The molecule has 1 aromatic rings. The van der Waals surface area contributed by atoms with Crippen LogP contribution in [0.15, 0.2) is 24.3 Å². The number of amides is 1. The molecule has 0 radical (unpaired) electrons. The largest absolute Gasteiger partial charge is 0.366 e.